The third kappa shape index (κ3) is 7.88. The lowest BCUT2D eigenvalue weighted by atomic mass is 10.1. The Labute approximate surface area is 229 Å². The van der Waals surface area contributed by atoms with Crippen molar-refractivity contribution in [1.29, 1.82) is 0 Å². The number of anilines is 2. The second-order valence-corrected chi connectivity index (χ2v) is 9.44. The van der Waals surface area contributed by atoms with Gasteiger partial charge in [-0.15, -0.1) is 0 Å². The SMILES string of the molecule is CN1CC[C@H](N(C)C(=O)Nc2cc(Oc3ccc(NC(=S)NC(=O)Cc4ccc(F)cc4)c(F)c3)ncn2)C1. The van der Waals surface area contributed by atoms with Gasteiger partial charge in [-0.05, 0) is 62.1 Å². The van der Waals surface area contributed by atoms with Crippen molar-refractivity contribution in [3.8, 4) is 11.6 Å². The molecule has 2 aromatic carbocycles. The first-order valence-corrected chi connectivity index (χ1v) is 12.4. The number of rotatable bonds is 7. The van der Waals surface area contributed by atoms with Crippen LogP contribution in [0.3, 0.4) is 0 Å². The van der Waals surface area contributed by atoms with Gasteiger partial charge in [0.05, 0.1) is 12.1 Å². The number of urea groups is 1. The first kappa shape index (κ1) is 27.8. The fourth-order valence-electron chi connectivity index (χ4n) is 3.95. The summed E-state index contributed by atoms with van der Waals surface area (Å²) in [5, 5.41) is 7.70. The lowest BCUT2D eigenvalue weighted by Gasteiger charge is -2.24. The number of carbonyl (C=O) groups is 2. The number of hydrogen-bond donors (Lipinski definition) is 3. The molecule has 39 heavy (non-hydrogen) atoms. The van der Waals surface area contributed by atoms with Crippen LogP contribution in [0.5, 0.6) is 11.6 Å². The molecule has 1 aromatic heterocycles. The van der Waals surface area contributed by atoms with Gasteiger partial charge < -0.3 is 25.2 Å². The zero-order chi connectivity index (χ0) is 27.9. The number of likely N-dealkylation sites (tertiary alicyclic amines) is 1. The van der Waals surface area contributed by atoms with Crippen LogP contribution >= 0.6 is 12.2 Å². The van der Waals surface area contributed by atoms with Gasteiger partial charge in [-0.25, -0.2) is 23.5 Å². The molecule has 1 atom stereocenters. The van der Waals surface area contributed by atoms with Gasteiger partial charge in [-0.2, -0.15) is 0 Å². The van der Waals surface area contributed by atoms with Crippen LogP contribution < -0.4 is 20.7 Å². The van der Waals surface area contributed by atoms with E-state index in [9.17, 15) is 18.4 Å². The number of ether oxygens (including phenoxy) is 1. The van der Waals surface area contributed by atoms with Crippen molar-refractivity contribution in [3.05, 3.63) is 72.1 Å². The molecule has 0 saturated carbocycles. The topological polar surface area (TPSA) is 112 Å². The van der Waals surface area contributed by atoms with E-state index in [0.717, 1.165) is 25.6 Å². The van der Waals surface area contributed by atoms with Crippen molar-refractivity contribution in [1.82, 2.24) is 25.1 Å². The summed E-state index contributed by atoms with van der Waals surface area (Å²) in [5.74, 6) is -1.04. The van der Waals surface area contributed by atoms with Crippen molar-refractivity contribution < 1.29 is 23.1 Å². The summed E-state index contributed by atoms with van der Waals surface area (Å²) in [5.41, 5.74) is 0.621. The summed E-state index contributed by atoms with van der Waals surface area (Å²) in [7, 11) is 3.74. The van der Waals surface area contributed by atoms with Gasteiger partial charge in [0, 0.05) is 31.8 Å². The number of benzene rings is 2. The Bertz CT molecular complexity index is 1360. The number of aromatic nitrogens is 2. The summed E-state index contributed by atoms with van der Waals surface area (Å²) in [6.07, 6.45) is 2.10. The maximum absolute atomic E-state index is 14.7. The highest BCUT2D eigenvalue weighted by molar-refractivity contribution is 7.80. The molecular formula is C26H27F2N7O3S. The Morgan fingerprint density at radius 1 is 1.13 bits per heavy atom. The Kier molecular flexibility index (Phi) is 8.94. The van der Waals surface area contributed by atoms with Gasteiger partial charge >= 0.3 is 6.03 Å². The number of nitrogens with zero attached hydrogens (tertiary/aromatic N) is 4. The molecule has 1 aliphatic rings. The van der Waals surface area contributed by atoms with Crippen molar-refractivity contribution in [3.63, 3.8) is 0 Å². The standard InChI is InChI=1S/C26H27F2N7O3S/c1-34-10-9-18(14-34)35(2)26(37)32-22-13-24(30-15-29-22)38-19-7-8-21(20(28)12-19)31-25(39)33-23(36)11-16-3-5-17(27)6-4-16/h3-8,12-13,15,18H,9-11,14H2,1-2H3,(H,29,30,32,37)(H2,31,33,36,39)/t18-/m0/s1. The van der Waals surface area contributed by atoms with Crippen LogP contribution in [0, 0.1) is 11.6 Å². The molecule has 3 aromatic rings. The predicted molar refractivity (Wildman–Crippen MR) is 146 cm³/mol. The quantitative estimate of drug-likeness (QED) is 0.378. The molecule has 1 fully saturated rings. The van der Waals surface area contributed by atoms with Gasteiger partial charge in [-0.1, -0.05) is 12.1 Å². The molecule has 3 amide bonds. The van der Waals surface area contributed by atoms with Crippen molar-refractivity contribution in [2.75, 3.05) is 37.8 Å². The molecule has 0 bridgehead atoms. The van der Waals surface area contributed by atoms with Crippen LogP contribution in [-0.4, -0.2) is 70.0 Å². The molecule has 4 rings (SSSR count). The van der Waals surface area contributed by atoms with E-state index in [0.29, 0.717) is 5.56 Å². The highest BCUT2D eigenvalue weighted by atomic mass is 32.1. The number of halogens is 2. The van der Waals surface area contributed by atoms with Crippen molar-refractivity contribution in [2.24, 2.45) is 0 Å². The van der Waals surface area contributed by atoms with Gasteiger partial charge in [0.25, 0.3) is 0 Å². The summed E-state index contributed by atoms with van der Waals surface area (Å²) < 4.78 is 33.4. The number of nitrogens with one attached hydrogen (secondary N) is 3. The second kappa shape index (κ2) is 12.5. The number of thiocarbonyl (C=S) groups is 1. The third-order valence-corrected chi connectivity index (χ3v) is 6.26. The molecule has 1 saturated heterocycles. The zero-order valence-corrected chi connectivity index (χ0v) is 22.1. The zero-order valence-electron chi connectivity index (χ0n) is 21.3. The average Bonchev–Trinajstić information content (AvgIpc) is 3.33. The van der Waals surface area contributed by atoms with E-state index in [1.165, 1.54) is 48.8 Å². The molecule has 204 valence electrons. The second-order valence-electron chi connectivity index (χ2n) is 9.04. The summed E-state index contributed by atoms with van der Waals surface area (Å²) in [6, 6.07) is 10.7. The normalized spacial score (nSPS) is 14.9. The van der Waals surface area contributed by atoms with E-state index in [2.05, 4.69) is 30.8 Å². The monoisotopic (exact) mass is 555 g/mol. The molecule has 0 spiro atoms. The van der Waals surface area contributed by atoms with Gasteiger partial charge in [-0.3, -0.25) is 10.1 Å². The van der Waals surface area contributed by atoms with Crippen LogP contribution in [0.4, 0.5) is 25.1 Å². The highest BCUT2D eigenvalue weighted by Gasteiger charge is 2.26. The smallest absolute Gasteiger partial charge is 0.323 e. The number of likely N-dealkylation sites (N-methyl/N-ethyl adjacent to an activating group) is 2. The fourth-order valence-corrected chi connectivity index (χ4v) is 4.17. The molecular weight excluding hydrogens is 528 g/mol. The lowest BCUT2D eigenvalue weighted by Crippen LogP contribution is -2.41. The first-order chi connectivity index (χ1) is 18.7. The minimum absolute atomic E-state index is 0.0191. The van der Waals surface area contributed by atoms with Gasteiger partial charge in [0.15, 0.2) is 5.11 Å². The van der Waals surface area contributed by atoms with Gasteiger partial charge in [0.1, 0.15) is 29.5 Å². The van der Waals surface area contributed by atoms with Gasteiger partial charge in [0.2, 0.25) is 11.8 Å². The Hall–Kier alpha value is -4.23. The largest absolute Gasteiger partial charge is 0.439 e. The third-order valence-electron chi connectivity index (χ3n) is 6.05. The van der Waals surface area contributed by atoms with Crippen LogP contribution in [0.25, 0.3) is 0 Å². The molecule has 2 heterocycles. The number of hydrogen-bond acceptors (Lipinski definition) is 7. The molecule has 10 nitrogen and oxygen atoms in total. The molecule has 13 heteroatoms. The number of amides is 3. The number of carbonyl (C=O) groups excluding carboxylic acids is 2. The van der Waals surface area contributed by atoms with E-state index in [4.69, 9.17) is 17.0 Å². The van der Waals surface area contributed by atoms with Crippen LogP contribution in [0.1, 0.15) is 12.0 Å². The van der Waals surface area contributed by atoms with Crippen molar-refractivity contribution in [2.45, 2.75) is 18.9 Å². The fraction of sp³-hybridized carbons (Fsp3) is 0.269. The minimum atomic E-state index is -0.687. The van der Waals surface area contributed by atoms with E-state index in [-0.39, 0.29) is 46.7 Å². The van der Waals surface area contributed by atoms with Crippen LogP contribution in [0.2, 0.25) is 0 Å². The van der Waals surface area contributed by atoms with Crippen LogP contribution in [-0.2, 0) is 11.2 Å². The lowest BCUT2D eigenvalue weighted by molar-refractivity contribution is -0.119. The Balaban J connectivity index is 1.30. The van der Waals surface area contributed by atoms with Crippen LogP contribution in [0.15, 0.2) is 54.9 Å². The van der Waals surface area contributed by atoms with E-state index in [1.54, 1.807) is 11.9 Å². The minimum Gasteiger partial charge on any atom is -0.439 e. The van der Waals surface area contributed by atoms with E-state index < -0.39 is 17.5 Å². The average molecular weight is 556 g/mol. The summed E-state index contributed by atoms with van der Waals surface area (Å²) >= 11 is 5.10. The highest BCUT2D eigenvalue weighted by Crippen LogP contribution is 2.25. The molecule has 1 aliphatic heterocycles. The molecule has 3 N–H and O–H groups in total. The maximum atomic E-state index is 14.7. The molecule has 0 unspecified atom stereocenters. The van der Waals surface area contributed by atoms with E-state index in [1.807, 2.05) is 7.05 Å². The Morgan fingerprint density at radius 3 is 2.59 bits per heavy atom. The molecule has 0 radical (unpaired) electrons. The van der Waals surface area contributed by atoms with Crippen molar-refractivity contribution >= 4 is 40.8 Å². The first-order valence-electron chi connectivity index (χ1n) is 12.0. The Morgan fingerprint density at radius 2 is 1.90 bits per heavy atom. The molecule has 0 aliphatic carbocycles. The maximum Gasteiger partial charge on any atom is 0.323 e. The summed E-state index contributed by atoms with van der Waals surface area (Å²) in [6.45, 7) is 1.72. The summed E-state index contributed by atoms with van der Waals surface area (Å²) in [4.78, 5) is 36.6. The van der Waals surface area contributed by atoms with E-state index >= 15 is 0 Å². The predicted octanol–water partition coefficient (Wildman–Crippen LogP) is 3.77.